The van der Waals surface area contributed by atoms with Gasteiger partial charge in [0, 0.05) is 19.1 Å². The van der Waals surface area contributed by atoms with Crippen molar-refractivity contribution in [2.45, 2.75) is 51.7 Å². The Bertz CT molecular complexity index is 184. The third-order valence-electron chi connectivity index (χ3n) is 2.81. The Morgan fingerprint density at radius 3 is 2.29 bits per heavy atom. The third-order valence-corrected chi connectivity index (χ3v) is 2.81. The van der Waals surface area contributed by atoms with Crippen molar-refractivity contribution in [2.75, 3.05) is 7.11 Å². The van der Waals surface area contributed by atoms with Crippen LogP contribution in [0.1, 0.15) is 39.5 Å². The van der Waals surface area contributed by atoms with E-state index in [4.69, 9.17) is 4.74 Å². The van der Waals surface area contributed by atoms with Gasteiger partial charge in [0.1, 0.15) is 0 Å². The molecule has 0 spiro atoms. The first-order valence-corrected chi connectivity index (χ1v) is 5.46. The van der Waals surface area contributed by atoms with Crippen LogP contribution in [-0.2, 0) is 9.53 Å². The summed E-state index contributed by atoms with van der Waals surface area (Å²) in [5.41, 5.74) is 0. The Morgan fingerprint density at radius 1 is 1.29 bits per heavy atom. The van der Waals surface area contributed by atoms with E-state index in [1.807, 2.05) is 13.8 Å². The molecule has 0 radical (unpaired) electrons. The minimum absolute atomic E-state index is 0.212. The van der Waals surface area contributed by atoms with E-state index in [0.29, 0.717) is 6.10 Å². The van der Waals surface area contributed by atoms with Crippen molar-refractivity contribution >= 4 is 5.91 Å². The maximum absolute atomic E-state index is 11.7. The van der Waals surface area contributed by atoms with E-state index in [2.05, 4.69) is 5.32 Å². The molecule has 0 unspecified atom stereocenters. The van der Waals surface area contributed by atoms with Crippen molar-refractivity contribution in [3.05, 3.63) is 0 Å². The molecule has 1 rings (SSSR count). The molecule has 0 atom stereocenters. The minimum Gasteiger partial charge on any atom is -0.381 e. The van der Waals surface area contributed by atoms with E-state index >= 15 is 0 Å². The first kappa shape index (κ1) is 11.5. The number of rotatable bonds is 3. The molecule has 82 valence electrons. The summed E-state index contributed by atoms with van der Waals surface area (Å²) in [5.74, 6) is 0.429. The van der Waals surface area contributed by atoms with Crippen LogP contribution in [0.15, 0.2) is 0 Å². The van der Waals surface area contributed by atoms with Crippen molar-refractivity contribution in [1.29, 1.82) is 0 Å². The lowest BCUT2D eigenvalue weighted by Crippen LogP contribution is -2.38. The highest BCUT2D eigenvalue weighted by molar-refractivity contribution is 5.78. The second-order valence-corrected chi connectivity index (χ2v) is 4.37. The number of ether oxygens (including phenoxy) is 1. The summed E-state index contributed by atoms with van der Waals surface area (Å²) in [6.45, 7) is 4.00. The molecule has 3 heteroatoms. The fourth-order valence-electron chi connectivity index (χ4n) is 1.96. The van der Waals surface area contributed by atoms with Crippen molar-refractivity contribution in [1.82, 2.24) is 5.32 Å². The van der Waals surface area contributed by atoms with Crippen LogP contribution < -0.4 is 5.32 Å². The lowest BCUT2D eigenvalue weighted by Gasteiger charge is -2.27. The monoisotopic (exact) mass is 199 g/mol. The van der Waals surface area contributed by atoms with Crippen LogP contribution in [0, 0.1) is 5.92 Å². The number of carbonyl (C=O) groups excluding carboxylic acids is 1. The molecule has 0 aliphatic heterocycles. The molecule has 1 fully saturated rings. The van der Waals surface area contributed by atoms with Crippen LogP contribution in [-0.4, -0.2) is 25.2 Å². The first-order valence-electron chi connectivity index (χ1n) is 5.46. The van der Waals surface area contributed by atoms with Crippen LogP contribution >= 0.6 is 0 Å². The standard InChI is InChI=1S/C11H21NO2/c1-8(2)12-11(13)9-4-6-10(14-3)7-5-9/h8-10H,4-7H2,1-3H3,(H,12,13). The van der Waals surface area contributed by atoms with Gasteiger partial charge in [-0.15, -0.1) is 0 Å². The minimum atomic E-state index is 0.212. The lowest BCUT2D eigenvalue weighted by atomic mass is 9.86. The van der Waals surface area contributed by atoms with Crippen molar-refractivity contribution in [3.63, 3.8) is 0 Å². The van der Waals surface area contributed by atoms with E-state index in [1.54, 1.807) is 7.11 Å². The fourth-order valence-corrected chi connectivity index (χ4v) is 1.96. The van der Waals surface area contributed by atoms with E-state index < -0.39 is 0 Å². The summed E-state index contributed by atoms with van der Waals surface area (Å²) in [6.07, 6.45) is 4.35. The molecule has 1 N–H and O–H groups in total. The average Bonchev–Trinajstić information content (AvgIpc) is 2.17. The molecule has 0 heterocycles. The Kier molecular flexibility index (Phi) is 4.39. The summed E-state index contributed by atoms with van der Waals surface area (Å²) >= 11 is 0. The largest absolute Gasteiger partial charge is 0.381 e. The number of nitrogens with one attached hydrogen (secondary N) is 1. The summed E-state index contributed by atoms with van der Waals surface area (Å²) in [5, 5.41) is 2.97. The Hall–Kier alpha value is -0.570. The summed E-state index contributed by atoms with van der Waals surface area (Å²) in [6, 6.07) is 0.252. The van der Waals surface area contributed by atoms with Crippen LogP contribution in [0.5, 0.6) is 0 Å². The summed E-state index contributed by atoms with van der Waals surface area (Å²) < 4.78 is 5.27. The fraction of sp³-hybridized carbons (Fsp3) is 0.909. The normalized spacial score (nSPS) is 27.7. The maximum Gasteiger partial charge on any atom is 0.223 e. The molecule has 1 amide bonds. The SMILES string of the molecule is COC1CCC(C(=O)NC(C)C)CC1. The molecule has 3 nitrogen and oxygen atoms in total. The van der Waals surface area contributed by atoms with Crippen molar-refractivity contribution in [3.8, 4) is 0 Å². The van der Waals surface area contributed by atoms with Crippen LogP contribution in [0.25, 0.3) is 0 Å². The quantitative estimate of drug-likeness (QED) is 0.751. The number of methoxy groups -OCH3 is 1. The molecule has 0 aromatic rings. The lowest BCUT2D eigenvalue weighted by molar-refractivity contribution is -0.127. The van der Waals surface area contributed by atoms with E-state index in [-0.39, 0.29) is 17.9 Å². The topological polar surface area (TPSA) is 38.3 Å². The number of hydrogen-bond acceptors (Lipinski definition) is 2. The van der Waals surface area contributed by atoms with Gasteiger partial charge in [-0.1, -0.05) is 0 Å². The van der Waals surface area contributed by atoms with Gasteiger partial charge in [0.05, 0.1) is 6.10 Å². The van der Waals surface area contributed by atoms with Gasteiger partial charge >= 0.3 is 0 Å². The molecule has 14 heavy (non-hydrogen) atoms. The van der Waals surface area contributed by atoms with Gasteiger partial charge in [0.15, 0.2) is 0 Å². The molecule has 0 aromatic carbocycles. The third kappa shape index (κ3) is 3.29. The zero-order chi connectivity index (χ0) is 10.6. The highest BCUT2D eigenvalue weighted by atomic mass is 16.5. The van der Waals surface area contributed by atoms with Crippen molar-refractivity contribution in [2.24, 2.45) is 5.92 Å². The predicted octanol–water partition coefficient (Wildman–Crippen LogP) is 1.72. The number of amides is 1. The Balaban J connectivity index is 2.30. The molecule has 1 saturated carbocycles. The molecule has 0 saturated heterocycles. The second kappa shape index (κ2) is 5.35. The van der Waals surface area contributed by atoms with Gasteiger partial charge in [0.25, 0.3) is 0 Å². The molecular formula is C11H21NO2. The van der Waals surface area contributed by atoms with Gasteiger partial charge in [0.2, 0.25) is 5.91 Å². The van der Waals surface area contributed by atoms with Gasteiger partial charge in [-0.2, -0.15) is 0 Å². The zero-order valence-electron chi connectivity index (χ0n) is 9.38. The van der Waals surface area contributed by atoms with E-state index in [1.165, 1.54) is 0 Å². The molecule has 0 aromatic heterocycles. The maximum atomic E-state index is 11.7. The average molecular weight is 199 g/mol. The van der Waals surface area contributed by atoms with Gasteiger partial charge in [-0.25, -0.2) is 0 Å². The van der Waals surface area contributed by atoms with Crippen LogP contribution in [0.3, 0.4) is 0 Å². The molecule has 1 aliphatic carbocycles. The van der Waals surface area contributed by atoms with E-state index in [0.717, 1.165) is 25.7 Å². The predicted molar refractivity (Wildman–Crippen MR) is 56.0 cm³/mol. The van der Waals surface area contributed by atoms with Gasteiger partial charge in [-0.3, -0.25) is 4.79 Å². The number of carbonyl (C=O) groups is 1. The zero-order valence-corrected chi connectivity index (χ0v) is 9.38. The highest BCUT2D eigenvalue weighted by Crippen LogP contribution is 2.25. The van der Waals surface area contributed by atoms with Crippen LogP contribution in [0.2, 0.25) is 0 Å². The van der Waals surface area contributed by atoms with Crippen molar-refractivity contribution < 1.29 is 9.53 Å². The first-order chi connectivity index (χ1) is 6.63. The van der Waals surface area contributed by atoms with Gasteiger partial charge in [-0.05, 0) is 39.5 Å². The molecule has 0 bridgehead atoms. The Morgan fingerprint density at radius 2 is 1.86 bits per heavy atom. The van der Waals surface area contributed by atoms with Crippen LogP contribution in [0.4, 0.5) is 0 Å². The summed E-state index contributed by atoms with van der Waals surface area (Å²) in [7, 11) is 1.75. The molecule has 1 aliphatic rings. The second-order valence-electron chi connectivity index (χ2n) is 4.37. The van der Waals surface area contributed by atoms with Gasteiger partial charge < -0.3 is 10.1 Å². The highest BCUT2D eigenvalue weighted by Gasteiger charge is 2.26. The number of hydrogen-bond donors (Lipinski definition) is 1. The Labute approximate surface area is 86.2 Å². The van der Waals surface area contributed by atoms with E-state index in [9.17, 15) is 4.79 Å². The summed E-state index contributed by atoms with van der Waals surface area (Å²) in [4.78, 5) is 11.7. The molecular weight excluding hydrogens is 178 g/mol. The smallest absolute Gasteiger partial charge is 0.223 e.